The molecule has 0 bridgehead atoms. The van der Waals surface area contributed by atoms with Crippen LogP contribution in [0.25, 0.3) is 5.82 Å². The van der Waals surface area contributed by atoms with Crippen LogP contribution in [-0.2, 0) is 0 Å². The van der Waals surface area contributed by atoms with Crippen molar-refractivity contribution in [2.45, 2.75) is 19.8 Å². The number of rotatable bonds is 6. The summed E-state index contributed by atoms with van der Waals surface area (Å²) in [7, 11) is 3.93. The molecule has 2 aromatic heterocycles. The van der Waals surface area contributed by atoms with Gasteiger partial charge in [-0.05, 0) is 33.9 Å². The number of hydrazone groups is 1. The summed E-state index contributed by atoms with van der Waals surface area (Å²) in [6.45, 7) is 3.79. The van der Waals surface area contributed by atoms with E-state index in [0.717, 1.165) is 11.3 Å². The van der Waals surface area contributed by atoms with Gasteiger partial charge in [-0.1, -0.05) is 31.2 Å². The molecule has 3 aromatic rings. The summed E-state index contributed by atoms with van der Waals surface area (Å²) < 4.78 is 5.94. The van der Waals surface area contributed by atoms with Gasteiger partial charge in [-0.3, -0.25) is 4.79 Å². The summed E-state index contributed by atoms with van der Waals surface area (Å²) in [4.78, 5) is 14.5. The Balaban J connectivity index is 1.77. The highest BCUT2D eigenvalue weighted by molar-refractivity contribution is 5.94. The van der Waals surface area contributed by atoms with Crippen LogP contribution in [0.15, 0.2) is 34.0 Å². The lowest BCUT2D eigenvalue weighted by Crippen LogP contribution is -2.21. The van der Waals surface area contributed by atoms with Gasteiger partial charge in [-0.25, -0.2) is 10.1 Å². The molecule has 1 amide bonds. The molecule has 0 aliphatic carbocycles. The van der Waals surface area contributed by atoms with Crippen molar-refractivity contribution in [1.29, 1.82) is 0 Å². The van der Waals surface area contributed by atoms with Crippen molar-refractivity contribution >= 4 is 23.6 Å². The predicted octanol–water partition coefficient (Wildman–Crippen LogP) is 1.19. The zero-order valence-electron chi connectivity index (χ0n) is 16.0. The fourth-order valence-corrected chi connectivity index (χ4v) is 2.54. The van der Waals surface area contributed by atoms with Crippen LogP contribution >= 0.6 is 0 Å². The molecule has 0 saturated carbocycles. The van der Waals surface area contributed by atoms with Gasteiger partial charge in [0.05, 0.1) is 11.9 Å². The Morgan fingerprint density at radius 2 is 2.00 bits per heavy atom. The zero-order valence-corrected chi connectivity index (χ0v) is 16.0. The minimum Gasteiger partial charge on any atom is -0.378 e. The predicted molar refractivity (Wildman–Crippen MR) is 104 cm³/mol. The summed E-state index contributed by atoms with van der Waals surface area (Å²) in [5.74, 6) is -0.349. The molecule has 2 heterocycles. The van der Waals surface area contributed by atoms with Gasteiger partial charge in [0.1, 0.15) is 0 Å². The lowest BCUT2D eigenvalue weighted by Gasteiger charge is -2.11. The van der Waals surface area contributed by atoms with E-state index in [1.807, 2.05) is 57.1 Å². The average Bonchev–Trinajstić information content (AvgIpc) is 3.27. The lowest BCUT2D eigenvalue weighted by atomic mass is 10.1. The second-order valence-electron chi connectivity index (χ2n) is 6.55. The molecule has 0 fully saturated rings. The molecule has 146 valence electrons. The highest BCUT2D eigenvalue weighted by Crippen LogP contribution is 2.22. The van der Waals surface area contributed by atoms with E-state index in [1.54, 1.807) is 6.21 Å². The van der Waals surface area contributed by atoms with E-state index < -0.39 is 5.91 Å². The second-order valence-corrected chi connectivity index (χ2v) is 6.55. The van der Waals surface area contributed by atoms with Crippen LogP contribution < -0.4 is 16.1 Å². The monoisotopic (exact) mass is 383 g/mol. The number of hydrogen-bond donors (Lipinski definition) is 2. The summed E-state index contributed by atoms with van der Waals surface area (Å²) >= 11 is 0. The maximum atomic E-state index is 12.5. The molecule has 0 spiro atoms. The van der Waals surface area contributed by atoms with Gasteiger partial charge in [0.25, 0.3) is 5.91 Å². The number of anilines is 2. The highest BCUT2D eigenvalue weighted by atomic mass is 16.6. The number of nitrogens with one attached hydrogen (secondary N) is 1. The maximum absolute atomic E-state index is 12.5. The molecule has 11 heteroatoms. The number of amides is 1. The van der Waals surface area contributed by atoms with E-state index in [2.05, 4.69) is 35.8 Å². The Kier molecular flexibility index (Phi) is 5.34. The van der Waals surface area contributed by atoms with Gasteiger partial charge in [-0.2, -0.15) is 9.78 Å². The molecule has 0 aliphatic rings. The third-order valence-corrected chi connectivity index (χ3v) is 3.95. The van der Waals surface area contributed by atoms with E-state index in [0.29, 0.717) is 5.69 Å². The first kappa shape index (κ1) is 19.0. The Hall–Kier alpha value is -3.76. The van der Waals surface area contributed by atoms with Gasteiger partial charge in [0, 0.05) is 19.8 Å². The standard InChI is InChI=1S/C17H21N9O2/c1-10(2)14-13(20-24-26(14)16-15(18)22-28-23-16)17(27)21-19-9-11-5-7-12(8-6-11)25(3)4/h5-10H,1-4H3,(H2,18,22)(H,21,27)/b19-9+. The summed E-state index contributed by atoms with van der Waals surface area (Å²) in [6.07, 6.45) is 1.55. The first-order valence-corrected chi connectivity index (χ1v) is 8.53. The molecular weight excluding hydrogens is 362 g/mol. The fourth-order valence-electron chi connectivity index (χ4n) is 2.54. The summed E-state index contributed by atoms with van der Waals surface area (Å²) in [5, 5.41) is 19.1. The molecular formula is C17H21N9O2. The van der Waals surface area contributed by atoms with Gasteiger partial charge < -0.3 is 10.6 Å². The third kappa shape index (κ3) is 3.82. The van der Waals surface area contributed by atoms with Gasteiger partial charge in [0.15, 0.2) is 5.69 Å². The van der Waals surface area contributed by atoms with E-state index in [4.69, 9.17) is 5.73 Å². The van der Waals surface area contributed by atoms with E-state index in [-0.39, 0.29) is 23.2 Å². The Labute approximate surface area is 161 Å². The van der Waals surface area contributed by atoms with Crippen LogP contribution in [0.1, 0.15) is 41.5 Å². The van der Waals surface area contributed by atoms with Crippen molar-refractivity contribution in [3.63, 3.8) is 0 Å². The molecule has 0 unspecified atom stereocenters. The van der Waals surface area contributed by atoms with Gasteiger partial charge in [0.2, 0.25) is 11.6 Å². The van der Waals surface area contributed by atoms with Crippen LogP contribution in [0.4, 0.5) is 11.5 Å². The normalized spacial score (nSPS) is 11.3. The van der Waals surface area contributed by atoms with Crippen LogP contribution in [-0.4, -0.2) is 51.5 Å². The Morgan fingerprint density at radius 3 is 2.57 bits per heavy atom. The second kappa shape index (κ2) is 7.86. The molecule has 3 N–H and O–H groups in total. The van der Waals surface area contributed by atoms with E-state index in [1.165, 1.54) is 4.68 Å². The molecule has 0 atom stereocenters. The topological polar surface area (TPSA) is 140 Å². The molecule has 0 aliphatic heterocycles. The molecule has 1 aromatic carbocycles. The number of hydrogen-bond acceptors (Lipinski definition) is 9. The number of carbonyl (C=O) groups excluding carboxylic acids is 1. The number of nitrogen functional groups attached to an aromatic ring is 1. The zero-order chi connectivity index (χ0) is 20.3. The van der Waals surface area contributed by atoms with E-state index >= 15 is 0 Å². The van der Waals surface area contributed by atoms with Crippen molar-refractivity contribution in [2.75, 3.05) is 24.7 Å². The van der Waals surface area contributed by atoms with E-state index in [9.17, 15) is 4.79 Å². The molecule has 11 nitrogen and oxygen atoms in total. The van der Waals surface area contributed by atoms with Crippen LogP contribution in [0.3, 0.4) is 0 Å². The van der Waals surface area contributed by atoms with Crippen molar-refractivity contribution in [2.24, 2.45) is 5.10 Å². The van der Waals surface area contributed by atoms with Gasteiger partial charge in [-0.15, -0.1) is 5.10 Å². The Morgan fingerprint density at radius 1 is 1.29 bits per heavy atom. The molecule has 0 saturated heterocycles. The third-order valence-electron chi connectivity index (χ3n) is 3.95. The van der Waals surface area contributed by atoms with Crippen LogP contribution in [0.2, 0.25) is 0 Å². The fraction of sp³-hybridized carbons (Fsp3) is 0.294. The first-order chi connectivity index (χ1) is 13.4. The first-order valence-electron chi connectivity index (χ1n) is 8.53. The minimum absolute atomic E-state index is 0.0537. The average molecular weight is 383 g/mol. The minimum atomic E-state index is -0.494. The number of benzene rings is 1. The lowest BCUT2D eigenvalue weighted by molar-refractivity contribution is 0.0948. The maximum Gasteiger partial charge on any atom is 0.293 e. The number of nitrogens with zero attached hydrogens (tertiary/aromatic N) is 7. The smallest absolute Gasteiger partial charge is 0.293 e. The largest absolute Gasteiger partial charge is 0.378 e. The van der Waals surface area contributed by atoms with Crippen molar-refractivity contribution in [3.05, 3.63) is 41.2 Å². The van der Waals surface area contributed by atoms with Crippen molar-refractivity contribution in [3.8, 4) is 5.82 Å². The summed E-state index contributed by atoms with van der Waals surface area (Å²) in [5.41, 5.74) is 10.7. The quantitative estimate of drug-likeness (QED) is 0.478. The Bertz CT molecular complexity index is 986. The number of carbonyl (C=O) groups is 1. The SMILES string of the molecule is CC(C)c1c(C(=O)N/N=C/c2ccc(N(C)C)cc2)nnn1-c1nonc1N. The van der Waals surface area contributed by atoms with Gasteiger partial charge >= 0.3 is 0 Å². The van der Waals surface area contributed by atoms with Crippen molar-refractivity contribution < 1.29 is 9.42 Å². The van der Waals surface area contributed by atoms with Crippen LogP contribution in [0, 0.1) is 0 Å². The summed E-state index contributed by atoms with van der Waals surface area (Å²) in [6, 6.07) is 7.73. The number of nitrogens with two attached hydrogens (primary N) is 1. The molecule has 3 rings (SSSR count). The number of aromatic nitrogens is 5. The molecule has 0 radical (unpaired) electrons. The molecule has 28 heavy (non-hydrogen) atoms. The van der Waals surface area contributed by atoms with Crippen LogP contribution in [0.5, 0.6) is 0 Å². The van der Waals surface area contributed by atoms with Crippen molar-refractivity contribution in [1.82, 2.24) is 30.7 Å². The highest BCUT2D eigenvalue weighted by Gasteiger charge is 2.25.